The summed E-state index contributed by atoms with van der Waals surface area (Å²) in [4.78, 5) is 0. The minimum absolute atomic E-state index is 0.109. The van der Waals surface area contributed by atoms with Crippen molar-refractivity contribution >= 4 is 21.6 Å². The Morgan fingerprint density at radius 3 is 2.71 bits per heavy atom. The first-order valence-corrected chi connectivity index (χ1v) is 7.32. The van der Waals surface area contributed by atoms with Gasteiger partial charge in [-0.05, 0) is 18.8 Å². The first kappa shape index (κ1) is 12.3. The highest BCUT2D eigenvalue weighted by Crippen LogP contribution is 2.26. The Labute approximate surface area is 91.3 Å². The molecule has 84 valence electrons. The van der Waals surface area contributed by atoms with Gasteiger partial charge in [0.2, 0.25) is 10.0 Å². The standard InChI is InChI=1S/C9H18ClNO2S/c1-2-8-4-3-5-9(6-8)11-14(12,13)7-10/h8-9,11H,2-7H2,1H3. The van der Waals surface area contributed by atoms with Gasteiger partial charge in [0.1, 0.15) is 5.21 Å². The van der Waals surface area contributed by atoms with Crippen LogP contribution in [0.1, 0.15) is 39.0 Å². The molecule has 0 amide bonds. The number of hydrogen-bond acceptors (Lipinski definition) is 2. The molecule has 0 radical (unpaired) electrons. The summed E-state index contributed by atoms with van der Waals surface area (Å²) in [6.07, 6.45) is 5.40. The molecule has 1 N–H and O–H groups in total. The Kier molecular flexibility index (Phi) is 4.67. The normalized spacial score (nSPS) is 29.0. The lowest BCUT2D eigenvalue weighted by molar-refractivity contribution is 0.301. The molecule has 14 heavy (non-hydrogen) atoms. The molecule has 1 aliphatic rings. The van der Waals surface area contributed by atoms with Crippen LogP contribution in [0.5, 0.6) is 0 Å². The molecule has 1 aliphatic carbocycles. The average Bonchev–Trinajstić information content (AvgIpc) is 2.17. The van der Waals surface area contributed by atoms with Crippen molar-refractivity contribution in [3.63, 3.8) is 0 Å². The summed E-state index contributed by atoms with van der Waals surface area (Å²) in [5.41, 5.74) is 0. The lowest BCUT2D eigenvalue weighted by Crippen LogP contribution is -2.38. The first-order valence-electron chi connectivity index (χ1n) is 5.13. The summed E-state index contributed by atoms with van der Waals surface area (Å²) in [5, 5.41) is -0.333. The van der Waals surface area contributed by atoms with E-state index in [4.69, 9.17) is 11.6 Å². The van der Waals surface area contributed by atoms with Crippen LogP contribution in [-0.4, -0.2) is 19.7 Å². The molecule has 1 fully saturated rings. The molecule has 1 rings (SSSR count). The molecule has 2 unspecified atom stereocenters. The zero-order valence-corrected chi connectivity index (χ0v) is 10.1. The summed E-state index contributed by atoms with van der Waals surface area (Å²) in [5.74, 6) is 0.673. The Hall–Kier alpha value is 0.200. The highest BCUT2D eigenvalue weighted by molar-refractivity contribution is 7.90. The van der Waals surface area contributed by atoms with Crippen LogP contribution >= 0.6 is 11.6 Å². The zero-order chi connectivity index (χ0) is 10.6. The molecule has 2 atom stereocenters. The molecule has 0 saturated heterocycles. The molecule has 0 aromatic rings. The number of halogens is 1. The van der Waals surface area contributed by atoms with Crippen molar-refractivity contribution < 1.29 is 8.42 Å². The number of alkyl halides is 1. The predicted molar refractivity (Wildman–Crippen MR) is 58.8 cm³/mol. The second-order valence-electron chi connectivity index (χ2n) is 3.98. The van der Waals surface area contributed by atoms with Gasteiger partial charge in [0.25, 0.3) is 0 Å². The summed E-state index contributed by atoms with van der Waals surface area (Å²) < 4.78 is 25.1. The minimum atomic E-state index is -3.24. The third-order valence-electron chi connectivity index (χ3n) is 2.85. The Morgan fingerprint density at radius 1 is 1.43 bits per heavy atom. The van der Waals surface area contributed by atoms with E-state index in [9.17, 15) is 8.42 Å². The Bertz CT molecular complexity index is 266. The van der Waals surface area contributed by atoms with Crippen LogP contribution in [-0.2, 0) is 10.0 Å². The van der Waals surface area contributed by atoms with Crippen LogP contribution in [0.15, 0.2) is 0 Å². The zero-order valence-electron chi connectivity index (χ0n) is 8.50. The van der Waals surface area contributed by atoms with Gasteiger partial charge in [-0.25, -0.2) is 13.1 Å². The van der Waals surface area contributed by atoms with Gasteiger partial charge in [0, 0.05) is 6.04 Å². The van der Waals surface area contributed by atoms with E-state index in [1.807, 2.05) is 0 Å². The molecule has 0 heterocycles. The molecule has 0 bridgehead atoms. The van der Waals surface area contributed by atoms with Gasteiger partial charge in [0.05, 0.1) is 0 Å². The maximum atomic E-state index is 11.2. The fourth-order valence-electron chi connectivity index (χ4n) is 2.05. The Balaban J connectivity index is 2.45. The van der Waals surface area contributed by atoms with Crippen LogP contribution in [0, 0.1) is 5.92 Å². The summed E-state index contributed by atoms with van der Waals surface area (Å²) >= 11 is 5.33. The number of nitrogens with one attached hydrogen (secondary N) is 1. The van der Waals surface area contributed by atoms with E-state index in [-0.39, 0.29) is 11.3 Å². The van der Waals surface area contributed by atoms with Gasteiger partial charge >= 0.3 is 0 Å². The van der Waals surface area contributed by atoms with Crippen LogP contribution in [0.3, 0.4) is 0 Å². The van der Waals surface area contributed by atoms with Crippen molar-refractivity contribution in [2.75, 3.05) is 5.21 Å². The highest BCUT2D eigenvalue weighted by atomic mass is 35.5. The number of sulfonamides is 1. The van der Waals surface area contributed by atoms with Gasteiger partial charge in [-0.15, -0.1) is 11.6 Å². The maximum Gasteiger partial charge on any atom is 0.225 e. The summed E-state index contributed by atoms with van der Waals surface area (Å²) in [6, 6.07) is 0.109. The molecule has 1 saturated carbocycles. The van der Waals surface area contributed by atoms with Gasteiger partial charge in [-0.1, -0.05) is 26.2 Å². The summed E-state index contributed by atoms with van der Waals surface area (Å²) in [7, 11) is -3.24. The fourth-order valence-corrected chi connectivity index (χ4v) is 3.03. The minimum Gasteiger partial charge on any atom is -0.211 e. The second-order valence-corrected chi connectivity index (χ2v) is 6.32. The van der Waals surface area contributed by atoms with Crippen molar-refractivity contribution in [1.82, 2.24) is 4.72 Å². The monoisotopic (exact) mass is 239 g/mol. The third-order valence-corrected chi connectivity index (χ3v) is 4.69. The predicted octanol–water partition coefficient (Wildman–Crippen LogP) is 2.07. The smallest absolute Gasteiger partial charge is 0.211 e. The number of hydrogen-bond donors (Lipinski definition) is 1. The lowest BCUT2D eigenvalue weighted by Gasteiger charge is -2.28. The summed E-state index contributed by atoms with van der Waals surface area (Å²) in [6.45, 7) is 2.16. The third kappa shape index (κ3) is 3.75. The van der Waals surface area contributed by atoms with Gasteiger partial charge < -0.3 is 0 Å². The lowest BCUT2D eigenvalue weighted by atomic mass is 9.85. The van der Waals surface area contributed by atoms with Crippen LogP contribution < -0.4 is 4.72 Å². The van der Waals surface area contributed by atoms with E-state index in [0.29, 0.717) is 5.92 Å². The van der Waals surface area contributed by atoms with Crippen molar-refractivity contribution in [2.45, 2.75) is 45.1 Å². The van der Waals surface area contributed by atoms with Gasteiger partial charge in [-0.3, -0.25) is 0 Å². The van der Waals surface area contributed by atoms with Crippen LogP contribution in [0.4, 0.5) is 0 Å². The molecular weight excluding hydrogens is 222 g/mol. The highest BCUT2D eigenvalue weighted by Gasteiger charge is 2.23. The van der Waals surface area contributed by atoms with Gasteiger partial charge in [-0.2, -0.15) is 0 Å². The molecule has 5 heteroatoms. The Morgan fingerprint density at radius 2 is 2.14 bits per heavy atom. The van der Waals surface area contributed by atoms with Crippen LogP contribution in [0.2, 0.25) is 0 Å². The van der Waals surface area contributed by atoms with Gasteiger partial charge in [0.15, 0.2) is 0 Å². The molecule has 0 aromatic carbocycles. The quantitative estimate of drug-likeness (QED) is 0.764. The molecule has 3 nitrogen and oxygen atoms in total. The number of rotatable bonds is 4. The average molecular weight is 240 g/mol. The maximum absolute atomic E-state index is 11.2. The van der Waals surface area contributed by atoms with Crippen molar-refractivity contribution in [2.24, 2.45) is 5.92 Å². The van der Waals surface area contributed by atoms with E-state index in [1.54, 1.807) is 0 Å². The van der Waals surface area contributed by atoms with Crippen LogP contribution in [0.25, 0.3) is 0 Å². The second kappa shape index (κ2) is 5.33. The van der Waals surface area contributed by atoms with Crippen molar-refractivity contribution in [3.8, 4) is 0 Å². The van der Waals surface area contributed by atoms with E-state index in [0.717, 1.165) is 25.7 Å². The van der Waals surface area contributed by atoms with Crippen molar-refractivity contribution in [1.29, 1.82) is 0 Å². The fraction of sp³-hybridized carbons (Fsp3) is 1.00. The molecule has 0 aromatic heterocycles. The van der Waals surface area contributed by atoms with E-state index in [1.165, 1.54) is 6.42 Å². The van der Waals surface area contributed by atoms with Crippen molar-refractivity contribution in [3.05, 3.63) is 0 Å². The van der Waals surface area contributed by atoms with E-state index in [2.05, 4.69) is 11.6 Å². The molecule has 0 aliphatic heterocycles. The SMILES string of the molecule is CCC1CCCC(NS(=O)(=O)CCl)C1. The van der Waals surface area contributed by atoms with E-state index >= 15 is 0 Å². The topological polar surface area (TPSA) is 46.2 Å². The molecule has 0 spiro atoms. The molecular formula is C9H18ClNO2S. The first-order chi connectivity index (χ1) is 6.57. The van der Waals surface area contributed by atoms with E-state index < -0.39 is 10.0 Å². The largest absolute Gasteiger partial charge is 0.225 e.